The summed E-state index contributed by atoms with van der Waals surface area (Å²) in [4.78, 5) is 13.2. The predicted molar refractivity (Wildman–Crippen MR) is 63.1 cm³/mol. The highest BCUT2D eigenvalue weighted by Crippen LogP contribution is 2.26. The lowest BCUT2D eigenvalue weighted by molar-refractivity contribution is -0.171. The van der Waals surface area contributed by atoms with Crippen LogP contribution < -0.4 is 5.32 Å². The minimum atomic E-state index is -4.34. The van der Waals surface area contributed by atoms with E-state index in [0.29, 0.717) is 25.9 Å². The van der Waals surface area contributed by atoms with Crippen molar-refractivity contribution in [2.75, 3.05) is 19.6 Å². The maximum atomic E-state index is 12.6. The summed E-state index contributed by atoms with van der Waals surface area (Å²) in [5, 5.41) is 3.09. The smallest absolute Gasteiger partial charge is 0.330 e. The first-order valence-electron chi connectivity index (χ1n) is 6.20. The van der Waals surface area contributed by atoms with E-state index in [1.807, 2.05) is 0 Å². The molecule has 1 amide bonds. The zero-order valence-electron chi connectivity index (χ0n) is 11.1. The molecule has 0 unspecified atom stereocenters. The summed E-state index contributed by atoms with van der Waals surface area (Å²) < 4.78 is 37.8. The van der Waals surface area contributed by atoms with Crippen molar-refractivity contribution >= 4 is 5.91 Å². The zero-order valence-corrected chi connectivity index (χ0v) is 11.1. The molecular weight excluding hydrogens is 245 g/mol. The molecule has 0 spiro atoms. The Labute approximate surface area is 106 Å². The van der Waals surface area contributed by atoms with Crippen LogP contribution in [0.15, 0.2) is 0 Å². The Kier molecular flexibility index (Phi) is 4.64. The highest BCUT2D eigenvalue weighted by Gasteiger charge is 2.40. The van der Waals surface area contributed by atoms with Crippen LogP contribution in [0.5, 0.6) is 0 Å². The molecule has 3 nitrogen and oxygen atoms in total. The van der Waals surface area contributed by atoms with Crippen LogP contribution in [0.1, 0.15) is 33.6 Å². The van der Waals surface area contributed by atoms with Gasteiger partial charge in [-0.1, -0.05) is 20.8 Å². The van der Waals surface area contributed by atoms with Crippen molar-refractivity contribution in [1.82, 2.24) is 10.2 Å². The number of amides is 1. The number of piperidine rings is 1. The Balaban J connectivity index is 2.83. The fourth-order valence-electron chi connectivity index (χ4n) is 2.11. The van der Waals surface area contributed by atoms with Crippen LogP contribution >= 0.6 is 0 Å². The largest absolute Gasteiger partial charge is 0.406 e. The lowest BCUT2D eigenvalue weighted by Crippen LogP contribution is -2.52. The summed E-state index contributed by atoms with van der Waals surface area (Å²) >= 11 is 0. The van der Waals surface area contributed by atoms with Gasteiger partial charge in [-0.25, -0.2) is 0 Å². The fraction of sp³-hybridized carbons (Fsp3) is 0.917. The molecule has 1 rings (SSSR count). The summed E-state index contributed by atoms with van der Waals surface area (Å²) in [6, 6.07) is -0.306. The van der Waals surface area contributed by atoms with Gasteiger partial charge in [0, 0.05) is 11.5 Å². The minimum absolute atomic E-state index is 0.306. The average Bonchev–Trinajstić information content (AvgIpc) is 2.24. The Morgan fingerprint density at radius 2 is 1.72 bits per heavy atom. The van der Waals surface area contributed by atoms with Crippen molar-refractivity contribution in [3.8, 4) is 0 Å². The second kappa shape index (κ2) is 5.47. The van der Waals surface area contributed by atoms with E-state index in [1.165, 1.54) is 0 Å². The first kappa shape index (κ1) is 15.3. The van der Waals surface area contributed by atoms with E-state index >= 15 is 0 Å². The quantitative estimate of drug-likeness (QED) is 0.831. The third kappa shape index (κ3) is 4.48. The maximum absolute atomic E-state index is 12.6. The number of nitrogens with one attached hydrogen (secondary N) is 1. The molecule has 1 aliphatic rings. The number of halogens is 3. The van der Waals surface area contributed by atoms with Crippen LogP contribution in [0.3, 0.4) is 0 Å². The Hall–Kier alpha value is -0.780. The highest BCUT2D eigenvalue weighted by molar-refractivity contribution is 5.81. The molecule has 0 bridgehead atoms. The zero-order chi connectivity index (χ0) is 14.0. The van der Waals surface area contributed by atoms with E-state index in [1.54, 1.807) is 20.8 Å². The maximum Gasteiger partial charge on any atom is 0.406 e. The normalized spacial score (nSPS) is 18.8. The monoisotopic (exact) mass is 266 g/mol. The lowest BCUT2D eigenvalue weighted by atomic mass is 9.92. The number of carbonyl (C=O) groups is 1. The number of alkyl halides is 3. The molecule has 0 aliphatic carbocycles. The molecule has 0 radical (unpaired) electrons. The summed E-state index contributed by atoms with van der Waals surface area (Å²) in [6.07, 6.45) is -3.18. The molecule has 1 heterocycles. The van der Waals surface area contributed by atoms with Gasteiger partial charge in [0.15, 0.2) is 0 Å². The third-order valence-corrected chi connectivity index (χ3v) is 3.00. The second-order valence-corrected chi connectivity index (χ2v) is 5.78. The van der Waals surface area contributed by atoms with Gasteiger partial charge in [0.2, 0.25) is 5.91 Å². The Morgan fingerprint density at radius 1 is 1.22 bits per heavy atom. The fourth-order valence-corrected chi connectivity index (χ4v) is 2.11. The van der Waals surface area contributed by atoms with Gasteiger partial charge in [0.05, 0.1) is 0 Å². The molecule has 1 saturated heterocycles. The molecule has 1 fully saturated rings. The van der Waals surface area contributed by atoms with Crippen LogP contribution in [-0.2, 0) is 4.79 Å². The Morgan fingerprint density at radius 3 is 2.11 bits per heavy atom. The predicted octanol–water partition coefficient (Wildman–Crippen LogP) is 2.18. The van der Waals surface area contributed by atoms with Gasteiger partial charge in [0.1, 0.15) is 6.54 Å². The number of nitrogens with zero attached hydrogens (tertiary/aromatic N) is 1. The molecule has 106 valence electrons. The molecule has 0 atom stereocenters. The number of hydrogen-bond donors (Lipinski definition) is 1. The van der Waals surface area contributed by atoms with Crippen LogP contribution in [-0.4, -0.2) is 42.7 Å². The number of carbonyl (C=O) groups excluding carboxylic acids is 1. The summed E-state index contributed by atoms with van der Waals surface area (Å²) in [5.41, 5.74) is -0.782. The third-order valence-electron chi connectivity index (χ3n) is 3.00. The van der Waals surface area contributed by atoms with Crippen molar-refractivity contribution in [3.63, 3.8) is 0 Å². The topological polar surface area (TPSA) is 32.3 Å². The van der Waals surface area contributed by atoms with Gasteiger partial charge in [-0.15, -0.1) is 0 Å². The second-order valence-electron chi connectivity index (χ2n) is 5.78. The average molecular weight is 266 g/mol. The summed E-state index contributed by atoms with van der Waals surface area (Å²) in [6.45, 7) is 5.14. The molecule has 18 heavy (non-hydrogen) atoms. The van der Waals surface area contributed by atoms with E-state index in [4.69, 9.17) is 0 Å². The molecule has 0 saturated carbocycles. The first-order chi connectivity index (χ1) is 8.11. The molecule has 1 aliphatic heterocycles. The molecule has 1 N–H and O–H groups in total. The van der Waals surface area contributed by atoms with Gasteiger partial charge in [-0.3, -0.25) is 4.79 Å². The van der Waals surface area contributed by atoms with Crippen LogP contribution in [0, 0.1) is 5.41 Å². The SMILES string of the molecule is CC(C)(C)C(=O)N(CC(F)(F)F)C1CCNCC1. The van der Waals surface area contributed by atoms with E-state index < -0.39 is 24.0 Å². The molecule has 6 heteroatoms. The van der Waals surface area contributed by atoms with Gasteiger partial charge < -0.3 is 10.2 Å². The Bertz CT molecular complexity index is 291. The van der Waals surface area contributed by atoms with E-state index in [2.05, 4.69) is 5.32 Å². The van der Waals surface area contributed by atoms with E-state index in [9.17, 15) is 18.0 Å². The first-order valence-corrected chi connectivity index (χ1v) is 6.20. The van der Waals surface area contributed by atoms with Gasteiger partial charge >= 0.3 is 6.18 Å². The van der Waals surface area contributed by atoms with E-state index in [0.717, 1.165) is 4.90 Å². The summed E-state index contributed by atoms with van der Waals surface area (Å²) in [7, 11) is 0. The van der Waals surface area contributed by atoms with Crippen molar-refractivity contribution in [2.24, 2.45) is 5.41 Å². The van der Waals surface area contributed by atoms with Crippen molar-refractivity contribution in [3.05, 3.63) is 0 Å². The van der Waals surface area contributed by atoms with Crippen LogP contribution in [0.25, 0.3) is 0 Å². The lowest BCUT2D eigenvalue weighted by Gasteiger charge is -2.38. The van der Waals surface area contributed by atoms with Crippen molar-refractivity contribution in [2.45, 2.75) is 45.8 Å². The molecule has 0 aromatic carbocycles. The van der Waals surface area contributed by atoms with Crippen LogP contribution in [0.2, 0.25) is 0 Å². The van der Waals surface area contributed by atoms with Gasteiger partial charge in [-0.2, -0.15) is 13.2 Å². The molecule has 0 aromatic rings. The minimum Gasteiger partial charge on any atom is -0.330 e. The number of rotatable bonds is 2. The van der Waals surface area contributed by atoms with Crippen molar-refractivity contribution < 1.29 is 18.0 Å². The van der Waals surface area contributed by atoms with Crippen molar-refractivity contribution in [1.29, 1.82) is 0 Å². The van der Waals surface area contributed by atoms with Crippen LogP contribution in [0.4, 0.5) is 13.2 Å². The molecular formula is C12H21F3N2O. The van der Waals surface area contributed by atoms with E-state index in [-0.39, 0.29) is 6.04 Å². The number of hydrogen-bond acceptors (Lipinski definition) is 2. The highest BCUT2D eigenvalue weighted by atomic mass is 19.4. The van der Waals surface area contributed by atoms with Gasteiger partial charge in [-0.05, 0) is 25.9 Å². The molecule has 0 aromatic heterocycles. The summed E-state index contributed by atoms with van der Waals surface area (Å²) in [5.74, 6) is -0.424. The standard InChI is InChI=1S/C12H21F3N2O/c1-11(2,3)10(18)17(8-12(13,14)15)9-4-6-16-7-5-9/h9,16H,4-8H2,1-3H3. The van der Waals surface area contributed by atoms with Gasteiger partial charge in [0.25, 0.3) is 0 Å².